The molecule has 1 aliphatic carbocycles. The van der Waals surface area contributed by atoms with Crippen LogP contribution in [0.15, 0.2) is 24.3 Å². The number of halogens is 1. The first-order valence-corrected chi connectivity index (χ1v) is 6.54. The molecule has 1 heterocycles. The number of hydrogen-bond acceptors (Lipinski definition) is 3. The molecule has 1 saturated carbocycles. The number of amides is 1. The first kappa shape index (κ1) is 13.0. The summed E-state index contributed by atoms with van der Waals surface area (Å²) >= 11 is 0. The molecule has 1 amide bonds. The Morgan fingerprint density at radius 2 is 2.20 bits per heavy atom. The number of aromatic nitrogens is 1. The van der Waals surface area contributed by atoms with Crippen molar-refractivity contribution in [2.75, 3.05) is 6.54 Å². The first-order chi connectivity index (χ1) is 9.47. The lowest BCUT2D eigenvalue weighted by molar-refractivity contribution is 0.0897. The molecule has 0 bridgehead atoms. The van der Waals surface area contributed by atoms with Gasteiger partial charge in [-0.3, -0.25) is 9.78 Å². The van der Waals surface area contributed by atoms with Crippen LogP contribution >= 0.6 is 0 Å². The molecule has 1 aromatic heterocycles. The van der Waals surface area contributed by atoms with Crippen molar-refractivity contribution in [1.82, 2.24) is 10.3 Å². The molecule has 0 radical (unpaired) electrons. The van der Waals surface area contributed by atoms with Crippen molar-refractivity contribution >= 4 is 16.8 Å². The highest BCUT2D eigenvalue weighted by Crippen LogP contribution is 2.34. The summed E-state index contributed by atoms with van der Waals surface area (Å²) in [6.07, 6.45) is 1.41. The van der Waals surface area contributed by atoms with Crippen molar-refractivity contribution in [3.05, 3.63) is 41.3 Å². The normalized spacial score (nSPS) is 16.1. The molecule has 5 heteroatoms. The second-order valence-corrected chi connectivity index (χ2v) is 5.38. The second kappa shape index (κ2) is 4.52. The van der Waals surface area contributed by atoms with Gasteiger partial charge in [0, 0.05) is 17.6 Å². The molecule has 1 aliphatic rings. The summed E-state index contributed by atoms with van der Waals surface area (Å²) in [5, 5.41) is 12.9. The van der Waals surface area contributed by atoms with E-state index in [9.17, 15) is 14.3 Å². The largest absolute Gasteiger partial charge is 0.388 e. The standard InChI is InChI=1S/C15H15FN2O2/c1-9-6-12(14(19)17-8-15(20)4-5-15)11-7-10(16)2-3-13(11)18-9/h2-3,6-7,20H,4-5,8H2,1H3,(H,17,19). The fourth-order valence-corrected chi connectivity index (χ4v) is 2.18. The van der Waals surface area contributed by atoms with Crippen LogP contribution in [0, 0.1) is 12.7 Å². The average molecular weight is 274 g/mol. The molecule has 0 spiro atoms. The van der Waals surface area contributed by atoms with E-state index >= 15 is 0 Å². The van der Waals surface area contributed by atoms with Crippen LogP contribution in [-0.4, -0.2) is 28.1 Å². The van der Waals surface area contributed by atoms with E-state index in [1.165, 1.54) is 12.1 Å². The maximum absolute atomic E-state index is 13.4. The minimum atomic E-state index is -0.751. The van der Waals surface area contributed by atoms with Crippen molar-refractivity contribution in [1.29, 1.82) is 0 Å². The number of nitrogens with one attached hydrogen (secondary N) is 1. The summed E-state index contributed by atoms with van der Waals surface area (Å²) in [7, 11) is 0. The SMILES string of the molecule is Cc1cc(C(=O)NCC2(O)CC2)c2cc(F)ccc2n1. The number of aryl methyl sites for hydroxylation is 1. The first-order valence-electron chi connectivity index (χ1n) is 6.54. The Morgan fingerprint density at radius 1 is 1.45 bits per heavy atom. The lowest BCUT2D eigenvalue weighted by atomic mass is 10.1. The Morgan fingerprint density at radius 3 is 2.90 bits per heavy atom. The number of pyridine rings is 1. The maximum atomic E-state index is 13.4. The molecule has 2 N–H and O–H groups in total. The third-order valence-corrected chi connectivity index (χ3v) is 3.55. The minimum Gasteiger partial charge on any atom is -0.388 e. The fraction of sp³-hybridized carbons (Fsp3) is 0.333. The highest BCUT2D eigenvalue weighted by molar-refractivity contribution is 6.06. The van der Waals surface area contributed by atoms with Gasteiger partial charge >= 0.3 is 0 Å². The molecular formula is C15H15FN2O2. The van der Waals surface area contributed by atoms with E-state index in [0.717, 1.165) is 0 Å². The van der Waals surface area contributed by atoms with Gasteiger partial charge in [0.05, 0.1) is 16.7 Å². The molecular weight excluding hydrogens is 259 g/mol. The summed E-state index contributed by atoms with van der Waals surface area (Å²) < 4.78 is 13.4. The smallest absolute Gasteiger partial charge is 0.252 e. The van der Waals surface area contributed by atoms with Crippen LogP contribution in [0.1, 0.15) is 28.9 Å². The van der Waals surface area contributed by atoms with E-state index in [1.54, 1.807) is 19.1 Å². The Balaban J connectivity index is 1.96. The van der Waals surface area contributed by atoms with Crippen LogP contribution < -0.4 is 5.32 Å². The molecule has 0 unspecified atom stereocenters. The van der Waals surface area contributed by atoms with E-state index in [0.29, 0.717) is 35.0 Å². The van der Waals surface area contributed by atoms with Gasteiger partial charge in [-0.15, -0.1) is 0 Å². The third kappa shape index (κ3) is 2.49. The number of benzene rings is 1. The van der Waals surface area contributed by atoms with Crippen molar-refractivity contribution < 1.29 is 14.3 Å². The van der Waals surface area contributed by atoms with Gasteiger partial charge in [-0.05, 0) is 44.0 Å². The second-order valence-electron chi connectivity index (χ2n) is 5.38. The maximum Gasteiger partial charge on any atom is 0.252 e. The zero-order valence-corrected chi connectivity index (χ0v) is 11.1. The van der Waals surface area contributed by atoms with Crippen molar-refractivity contribution in [3.8, 4) is 0 Å². The molecule has 4 nitrogen and oxygen atoms in total. The van der Waals surface area contributed by atoms with Crippen LogP contribution in [0.5, 0.6) is 0 Å². The van der Waals surface area contributed by atoms with Crippen LogP contribution in [0.25, 0.3) is 10.9 Å². The summed E-state index contributed by atoms with van der Waals surface area (Å²) in [4.78, 5) is 16.5. The number of aliphatic hydroxyl groups is 1. The number of nitrogens with zero attached hydrogens (tertiary/aromatic N) is 1. The average Bonchev–Trinajstić information content (AvgIpc) is 3.14. The summed E-state index contributed by atoms with van der Waals surface area (Å²) in [6, 6.07) is 5.82. The highest BCUT2D eigenvalue weighted by atomic mass is 19.1. The topological polar surface area (TPSA) is 62.2 Å². The molecule has 3 rings (SSSR count). The number of fused-ring (bicyclic) bond motifs is 1. The minimum absolute atomic E-state index is 0.226. The summed E-state index contributed by atoms with van der Waals surface area (Å²) in [5.74, 6) is -0.718. The van der Waals surface area contributed by atoms with Crippen molar-refractivity contribution in [3.63, 3.8) is 0 Å². The molecule has 1 aromatic carbocycles. The van der Waals surface area contributed by atoms with Crippen LogP contribution in [0.2, 0.25) is 0 Å². The van der Waals surface area contributed by atoms with Gasteiger partial charge in [0.2, 0.25) is 0 Å². The van der Waals surface area contributed by atoms with Gasteiger partial charge in [0.25, 0.3) is 5.91 Å². The Hall–Kier alpha value is -2.01. The number of carbonyl (C=O) groups is 1. The number of rotatable bonds is 3. The van der Waals surface area contributed by atoms with E-state index in [2.05, 4.69) is 10.3 Å². The Kier molecular flexibility index (Phi) is 2.94. The van der Waals surface area contributed by atoms with Gasteiger partial charge in [0.1, 0.15) is 5.82 Å². The Bertz CT molecular complexity index is 696. The fourth-order valence-electron chi connectivity index (χ4n) is 2.18. The van der Waals surface area contributed by atoms with Crippen LogP contribution in [-0.2, 0) is 0 Å². The third-order valence-electron chi connectivity index (χ3n) is 3.55. The van der Waals surface area contributed by atoms with Gasteiger partial charge < -0.3 is 10.4 Å². The number of hydrogen-bond donors (Lipinski definition) is 2. The van der Waals surface area contributed by atoms with Gasteiger partial charge in [-0.2, -0.15) is 0 Å². The lowest BCUT2D eigenvalue weighted by Crippen LogP contribution is -2.33. The molecule has 1 fully saturated rings. The molecule has 20 heavy (non-hydrogen) atoms. The van der Waals surface area contributed by atoms with Gasteiger partial charge in [-0.25, -0.2) is 4.39 Å². The van der Waals surface area contributed by atoms with Crippen LogP contribution in [0.4, 0.5) is 4.39 Å². The Labute approximate surface area is 115 Å². The van der Waals surface area contributed by atoms with Crippen molar-refractivity contribution in [2.24, 2.45) is 0 Å². The van der Waals surface area contributed by atoms with Crippen molar-refractivity contribution in [2.45, 2.75) is 25.4 Å². The quantitative estimate of drug-likeness (QED) is 0.899. The predicted octanol–water partition coefficient (Wildman–Crippen LogP) is 1.94. The zero-order valence-electron chi connectivity index (χ0n) is 11.1. The van der Waals surface area contributed by atoms with Gasteiger partial charge in [0.15, 0.2) is 0 Å². The van der Waals surface area contributed by atoms with E-state index < -0.39 is 11.4 Å². The van der Waals surface area contributed by atoms with E-state index in [1.807, 2.05) is 0 Å². The molecule has 0 saturated heterocycles. The molecule has 2 aromatic rings. The van der Waals surface area contributed by atoms with E-state index in [-0.39, 0.29) is 12.5 Å². The molecule has 104 valence electrons. The van der Waals surface area contributed by atoms with E-state index in [4.69, 9.17) is 0 Å². The number of carbonyl (C=O) groups excluding carboxylic acids is 1. The predicted molar refractivity (Wildman–Crippen MR) is 73.0 cm³/mol. The lowest BCUT2D eigenvalue weighted by Gasteiger charge is -2.11. The molecule has 0 aliphatic heterocycles. The zero-order chi connectivity index (χ0) is 14.3. The van der Waals surface area contributed by atoms with Gasteiger partial charge in [-0.1, -0.05) is 0 Å². The summed E-state index contributed by atoms with van der Waals surface area (Å²) in [5.41, 5.74) is 0.913. The highest BCUT2D eigenvalue weighted by Gasteiger charge is 2.40. The monoisotopic (exact) mass is 274 g/mol. The van der Waals surface area contributed by atoms with Crippen LogP contribution in [0.3, 0.4) is 0 Å². The molecule has 0 atom stereocenters. The summed E-state index contributed by atoms with van der Waals surface area (Å²) in [6.45, 7) is 2.01.